The molecular weight excluding hydrogens is 266 g/mol. The summed E-state index contributed by atoms with van der Waals surface area (Å²) in [5.74, 6) is 0.369. The van der Waals surface area contributed by atoms with Crippen LogP contribution in [0.1, 0.15) is 19.8 Å². The Labute approximate surface area is 113 Å². The van der Waals surface area contributed by atoms with Crippen LogP contribution in [0.5, 0.6) is 0 Å². The van der Waals surface area contributed by atoms with Gasteiger partial charge in [0.25, 0.3) is 0 Å². The molecule has 1 aliphatic heterocycles. The van der Waals surface area contributed by atoms with Gasteiger partial charge in [-0.3, -0.25) is 0 Å². The first-order chi connectivity index (χ1) is 9.11. The average Bonchev–Trinajstić information content (AvgIpc) is 2.88. The van der Waals surface area contributed by atoms with Gasteiger partial charge < -0.3 is 10.4 Å². The Hall–Kier alpha value is -1.18. The van der Waals surface area contributed by atoms with E-state index >= 15 is 0 Å². The lowest BCUT2D eigenvalue weighted by Gasteiger charge is -2.23. The van der Waals surface area contributed by atoms with Crippen molar-refractivity contribution in [3.8, 4) is 0 Å². The van der Waals surface area contributed by atoms with E-state index in [4.69, 9.17) is 0 Å². The van der Waals surface area contributed by atoms with E-state index in [1.807, 2.05) is 6.92 Å². The lowest BCUT2D eigenvalue weighted by molar-refractivity contribution is 0.213. The standard InChI is InChI=1S/C12H19N3O3S/c1-2-13-12-11(6-3-7-14-12)19(17,18)15-8-4-5-10(15)9-16/h3,6-7,10,16H,2,4-5,8-9H2,1H3,(H,13,14). The second kappa shape index (κ2) is 5.85. The van der Waals surface area contributed by atoms with E-state index in [9.17, 15) is 13.5 Å². The molecule has 2 N–H and O–H groups in total. The monoisotopic (exact) mass is 285 g/mol. The number of aliphatic hydroxyl groups is 1. The third-order valence-electron chi connectivity index (χ3n) is 3.24. The summed E-state index contributed by atoms with van der Waals surface area (Å²) >= 11 is 0. The molecule has 106 valence electrons. The lowest BCUT2D eigenvalue weighted by atomic mass is 10.2. The maximum Gasteiger partial charge on any atom is 0.247 e. The predicted octanol–water partition coefficient (Wildman–Crippen LogP) is 0.659. The highest BCUT2D eigenvalue weighted by Crippen LogP contribution is 2.28. The van der Waals surface area contributed by atoms with Gasteiger partial charge >= 0.3 is 0 Å². The highest BCUT2D eigenvalue weighted by atomic mass is 32.2. The van der Waals surface area contributed by atoms with E-state index in [1.54, 1.807) is 18.3 Å². The number of hydrogen-bond acceptors (Lipinski definition) is 5. The van der Waals surface area contributed by atoms with Crippen LogP contribution in [0.25, 0.3) is 0 Å². The van der Waals surface area contributed by atoms with Crippen LogP contribution < -0.4 is 5.32 Å². The lowest BCUT2D eigenvalue weighted by Crippen LogP contribution is -2.38. The molecule has 1 atom stereocenters. The van der Waals surface area contributed by atoms with Gasteiger partial charge in [-0.15, -0.1) is 0 Å². The highest BCUT2D eigenvalue weighted by molar-refractivity contribution is 7.89. The van der Waals surface area contributed by atoms with Gasteiger partial charge in [0.15, 0.2) is 0 Å². The van der Waals surface area contributed by atoms with Gasteiger partial charge in [-0.25, -0.2) is 13.4 Å². The quantitative estimate of drug-likeness (QED) is 0.830. The maximum absolute atomic E-state index is 12.6. The molecule has 0 bridgehead atoms. The van der Waals surface area contributed by atoms with E-state index in [-0.39, 0.29) is 17.5 Å². The minimum Gasteiger partial charge on any atom is -0.395 e. The molecule has 0 saturated carbocycles. The molecule has 0 radical (unpaired) electrons. The summed E-state index contributed by atoms with van der Waals surface area (Å²) in [6.07, 6.45) is 3.04. The van der Waals surface area contributed by atoms with Gasteiger partial charge in [-0.2, -0.15) is 4.31 Å². The van der Waals surface area contributed by atoms with Crippen LogP contribution in [0.3, 0.4) is 0 Å². The first-order valence-corrected chi connectivity index (χ1v) is 7.87. The molecule has 1 aromatic rings. The fourth-order valence-corrected chi connectivity index (χ4v) is 4.14. The van der Waals surface area contributed by atoms with E-state index in [2.05, 4.69) is 10.3 Å². The summed E-state index contributed by atoms with van der Waals surface area (Å²) < 4.78 is 26.6. The third-order valence-corrected chi connectivity index (χ3v) is 5.22. The fraction of sp³-hybridized carbons (Fsp3) is 0.583. The molecule has 2 heterocycles. The largest absolute Gasteiger partial charge is 0.395 e. The number of pyridine rings is 1. The number of hydrogen-bond donors (Lipinski definition) is 2. The second-order valence-corrected chi connectivity index (χ2v) is 6.33. The van der Waals surface area contributed by atoms with Crippen LogP contribution in [0, 0.1) is 0 Å². The van der Waals surface area contributed by atoms with Gasteiger partial charge in [0, 0.05) is 25.3 Å². The fourth-order valence-electron chi connectivity index (χ4n) is 2.33. The summed E-state index contributed by atoms with van der Waals surface area (Å²) in [7, 11) is -3.60. The zero-order chi connectivity index (χ0) is 13.9. The van der Waals surface area contributed by atoms with Crippen molar-refractivity contribution in [2.75, 3.05) is 25.0 Å². The zero-order valence-electron chi connectivity index (χ0n) is 10.9. The SMILES string of the molecule is CCNc1ncccc1S(=O)(=O)N1CCCC1CO. The van der Waals surface area contributed by atoms with Gasteiger partial charge in [0.2, 0.25) is 10.0 Å². The number of aliphatic hydroxyl groups excluding tert-OH is 1. The Morgan fingerprint density at radius 3 is 3.05 bits per heavy atom. The molecule has 19 heavy (non-hydrogen) atoms. The topological polar surface area (TPSA) is 82.5 Å². The Kier molecular flexibility index (Phi) is 4.38. The Bertz CT molecular complexity index is 533. The zero-order valence-corrected chi connectivity index (χ0v) is 11.7. The van der Waals surface area contributed by atoms with Crippen LogP contribution >= 0.6 is 0 Å². The number of sulfonamides is 1. The molecule has 0 amide bonds. The molecule has 1 saturated heterocycles. The summed E-state index contributed by atoms with van der Waals surface area (Å²) in [5, 5.41) is 12.2. The summed E-state index contributed by atoms with van der Waals surface area (Å²) in [5.41, 5.74) is 0. The van der Waals surface area contributed by atoms with Crippen molar-refractivity contribution in [3.63, 3.8) is 0 Å². The van der Waals surface area contributed by atoms with E-state index in [1.165, 1.54) is 4.31 Å². The molecule has 1 aromatic heterocycles. The van der Waals surface area contributed by atoms with E-state index in [0.717, 1.165) is 6.42 Å². The minimum atomic E-state index is -3.60. The predicted molar refractivity (Wildman–Crippen MR) is 72.4 cm³/mol. The Balaban J connectivity index is 2.39. The van der Waals surface area contributed by atoms with Gasteiger partial charge in [-0.1, -0.05) is 0 Å². The molecule has 0 spiro atoms. The van der Waals surface area contributed by atoms with Crippen LogP contribution in [0.2, 0.25) is 0 Å². The van der Waals surface area contributed by atoms with Crippen molar-refractivity contribution >= 4 is 15.8 Å². The highest BCUT2D eigenvalue weighted by Gasteiger charge is 2.36. The van der Waals surface area contributed by atoms with Crippen molar-refractivity contribution in [1.29, 1.82) is 0 Å². The summed E-state index contributed by atoms with van der Waals surface area (Å²) in [6, 6.07) is 2.84. The van der Waals surface area contributed by atoms with Gasteiger partial charge in [0.1, 0.15) is 10.7 Å². The molecule has 0 aliphatic carbocycles. The van der Waals surface area contributed by atoms with E-state index in [0.29, 0.717) is 25.3 Å². The number of aromatic nitrogens is 1. The maximum atomic E-state index is 12.6. The normalized spacial score (nSPS) is 20.6. The first kappa shape index (κ1) is 14.2. The molecule has 6 nitrogen and oxygen atoms in total. The Morgan fingerprint density at radius 2 is 2.37 bits per heavy atom. The van der Waals surface area contributed by atoms with Crippen molar-refractivity contribution in [3.05, 3.63) is 18.3 Å². The van der Waals surface area contributed by atoms with Gasteiger partial charge in [-0.05, 0) is 31.9 Å². The molecule has 2 rings (SSSR count). The summed E-state index contributed by atoms with van der Waals surface area (Å²) in [4.78, 5) is 4.26. The number of nitrogens with zero attached hydrogens (tertiary/aromatic N) is 2. The second-order valence-electron chi connectivity index (χ2n) is 4.47. The van der Waals surface area contributed by atoms with E-state index < -0.39 is 10.0 Å². The molecule has 0 aromatic carbocycles. The minimum absolute atomic E-state index is 0.143. The molecule has 7 heteroatoms. The third kappa shape index (κ3) is 2.72. The van der Waals surface area contributed by atoms with Crippen molar-refractivity contribution in [1.82, 2.24) is 9.29 Å². The van der Waals surface area contributed by atoms with Crippen LogP contribution in [-0.4, -0.2) is 48.6 Å². The number of nitrogens with one attached hydrogen (secondary N) is 1. The van der Waals surface area contributed by atoms with Crippen molar-refractivity contribution in [2.45, 2.75) is 30.7 Å². The van der Waals surface area contributed by atoms with Gasteiger partial charge in [0.05, 0.1) is 6.61 Å². The molecule has 1 fully saturated rings. The summed E-state index contributed by atoms with van der Waals surface area (Å²) in [6.45, 7) is 2.80. The smallest absolute Gasteiger partial charge is 0.247 e. The van der Waals surface area contributed by atoms with Crippen LogP contribution in [0.4, 0.5) is 5.82 Å². The van der Waals surface area contributed by atoms with Crippen molar-refractivity contribution in [2.24, 2.45) is 0 Å². The average molecular weight is 285 g/mol. The van der Waals surface area contributed by atoms with Crippen LogP contribution in [0.15, 0.2) is 23.2 Å². The molecule has 1 unspecified atom stereocenters. The Morgan fingerprint density at radius 1 is 1.58 bits per heavy atom. The van der Waals surface area contributed by atoms with Crippen molar-refractivity contribution < 1.29 is 13.5 Å². The van der Waals surface area contributed by atoms with Crippen LogP contribution in [-0.2, 0) is 10.0 Å². The molecule has 1 aliphatic rings. The number of rotatable bonds is 5. The number of anilines is 1. The molecular formula is C12H19N3O3S. The first-order valence-electron chi connectivity index (χ1n) is 6.42.